The number of halogens is 1. The first-order chi connectivity index (χ1) is 5.24. The van der Waals surface area contributed by atoms with Crippen molar-refractivity contribution < 1.29 is 4.39 Å². The lowest BCUT2D eigenvalue weighted by Gasteiger charge is -2.23. The minimum Gasteiger partial charge on any atom is -0.298 e. The summed E-state index contributed by atoms with van der Waals surface area (Å²) in [4.78, 5) is 2.28. The van der Waals surface area contributed by atoms with E-state index in [0.717, 1.165) is 19.5 Å². The van der Waals surface area contributed by atoms with Gasteiger partial charge in [-0.25, -0.2) is 4.39 Å². The number of alkyl halides is 1. The molecule has 2 heteroatoms. The van der Waals surface area contributed by atoms with E-state index in [2.05, 4.69) is 18.7 Å². The van der Waals surface area contributed by atoms with Gasteiger partial charge in [0.15, 0.2) is 0 Å². The van der Waals surface area contributed by atoms with Crippen LogP contribution in [0.15, 0.2) is 0 Å². The van der Waals surface area contributed by atoms with E-state index < -0.39 is 0 Å². The van der Waals surface area contributed by atoms with E-state index in [1.165, 1.54) is 6.42 Å². The zero-order valence-corrected chi connectivity index (χ0v) is 7.52. The average molecular weight is 159 g/mol. The van der Waals surface area contributed by atoms with Gasteiger partial charge < -0.3 is 0 Å². The molecule has 0 bridgehead atoms. The topological polar surface area (TPSA) is 3.24 Å². The second-order valence-corrected chi connectivity index (χ2v) is 3.84. The second-order valence-electron chi connectivity index (χ2n) is 3.84. The largest absolute Gasteiger partial charge is 0.298 e. The standard InChI is InChI=1S/C9H18FN/c1-8(2)7-11-5-3-4-9(11)6-10/h8-9H,3-7H2,1-2H3/t9-/m1/s1. The molecule has 0 aromatic rings. The molecule has 1 aliphatic rings. The van der Waals surface area contributed by atoms with Crippen molar-refractivity contribution in [2.45, 2.75) is 32.7 Å². The molecule has 1 rings (SSSR count). The van der Waals surface area contributed by atoms with E-state index in [9.17, 15) is 4.39 Å². The van der Waals surface area contributed by atoms with Gasteiger partial charge >= 0.3 is 0 Å². The van der Waals surface area contributed by atoms with Crippen LogP contribution in [0.2, 0.25) is 0 Å². The van der Waals surface area contributed by atoms with Gasteiger partial charge in [-0.3, -0.25) is 4.90 Å². The highest BCUT2D eigenvalue weighted by Gasteiger charge is 2.24. The molecule has 0 aromatic heterocycles. The van der Waals surface area contributed by atoms with Crippen LogP contribution in [0, 0.1) is 5.92 Å². The smallest absolute Gasteiger partial charge is 0.105 e. The van der Waals surface area contributed by atoms with Crippen molar-refractivity contribution in [1.82, 2.24) is 4.90 Å². The van der Waals surface area contributed by atoms with Crippen LogP contribution in [0.1, 0.15) is 26.7 Å². The van der Waals surface area contributed by atoms with E-state index in [0.29, 0.717) is 5.92 Å². The Morgan fingerprint density at radius 2 is 2.27 bits per heavy atom. The quantitative estimate of drug-likeness (QED) is 0.609. The zero-order chi connectivity index (χ0) is 8.27. The van der Waals surface area contributed by atoms with Crippen LogP contribution in [0.5, 0.6) is 0 Å². The fourth-order valence-corrected chi connectivity index (χ4v) is 1.78. The van der Waals surface area contributed by atoms with Crippen molar-refractivity contribution in [1.29, 1.82) is 0 Å². The molecule has 1 nitrogen and oxygen atoms in total. The third kappa shape index (κ3) is 2.44. The molecule has 0 spiro atoms. The maximum atomic E-state index is 12.4. The maximum Gasteiger partial charge on any atom is 0.105 e. The third-order valence-electron chi connectivity index (χ3n) is 2.28. The Balaban J connectivity index is 2.31. The summed E-state index contributed by atoms with van der Waals surface area (Å²) in [7, 11) is 0. The molecule has 1 aliphatic heterocycles. The van der Waals surface area contributed by atoms with E-state index in [-0.39, 0.29) is 12.7 Å². The Kier molecular flexibility index (Phi) is 3.31. The van der Waals surface area contributed by atoms with E-state index >= 15 is 0 Å². The van der Waals surface area contributed by atoms with Crippen LogP contribution in [0.4, 0.5) is 4.39 Å². The number of hydrogen-bond donors (Lipinski definition) is 0. The minimum atomic E-state index is -0.160. The molecule has 0 saturated carbocycles. The lowest BCUT2D eigenvalue weighted by atomic mass is 10.2. The molecule has 0 unspecified atom stereocenters. The maximum absolute atomic E-state index is 12.4. The molecular formula is C9H18FN. The molecule has 1 atom stereocenters. The molecule has 1 fully saturated rings. The highest BCUT2D eigenvalue weighted by Crippen LogP contribution is 2.18. The predicted molar refractivity (Wildman–Crippen MR) is 45.4 cm³/mol. The fourth-order valence-electron chi connectivity index (χ4n) is 1.78. The van der Waals surface area contributed by atoms with Crippen molar-refractivity contribution >= 4 is 0 Å². The van der Waals surface area contributed by atoms with Crippen molar-refractivity contribution in [2.75, 3.05) is 19.8 Å². The van der Waals surface area contributed by atoms with Gasteiger partial charge in [-0.2, -0.15) is 0 Å². The van der Waals surface area contributed by atoms with Crippen LogP contribution >= 0.6 is 0 Å². The third-order valence-corrected chi connectivity index (χ3v) is 2.28. The van der Waals surface area contributed by atoms with Gasteiger partial charge in [0.25, 0.3) is 0 Å². The van der Waals surface area contributed by atoms with Gasteiger partial charge in [-0.15, -0.1) is 0 Å². The SMILES string of the molecule is CC(C)CN1CCC[C@@H]1CF. The molecular weight excluding hydrogens is 141 g/mol. The van der Waals surface area contributed by atoms with Gasteiger partial charge in [0.2, 0.25) is 0 Å². The highest BCUT2D eigenvalue weighted by molar-refractivity contribution is 4.78. The van der Waals surface area contributed by atoms with Gasteiger partial charge in [0.05, 0.1) is 0 Å². The molecule has 1 saturated heterocycles. The number of nitrogens with zero attached hydrogens (tertiary/aromatic N) is 1. The number of likely N-dealkylation sites (tertiary alicyclic amines) is 1. The van der Waals surface area contributed by atoms with Gasteiger partial charge in [-0.05, 0) is 25.3 Å². The first-order valence-corrected chi connectivity index (χ1v) is 4.54. The van der Waals surface area contributed by atoms with E-state index in [4.69, 9.17) is 0 Å². The fraction of sp³-hybridized carbons (Fsp3) is 1.00. The summed E-state index contributed by atoms with van der Waals surface area (Å²) in [5, 5.41) is 0. The second kappa shape index (κ2) is 4.05. The summed E-state index contributed by atoms with van der Waals surface area (Å²) in [6.45, 7) is 6.38. The van der Waals surface area contributed by atoms with Crippen LogP contribution in [0.25, 0.3) is 0 Å². The van der Waals surface area contributed by atoms with Gasteiger partial charge in [0, 0.05) is 12.6 Å². The Morgan fingerprint density at radius 1 is 1.55 bits per heavy atom. The summed E-state index contributed by atoms with van der Waals surface area (Å²) >= 11 is 0. The van der Waals surface area contributed by atoms with Crippen LogP contribution in [-0.4, -0.2) is 30.7 Å². The van der Waals surface area contributed by atoms with Crippen LogP contribution in [0.3, 0.4) is 0 Å². The van der Waals surface area contributed by atoms with Crippen molar-refractivity contribution in [2.24, 2.45) is 5.92 Å². The van der Waals surface area contributed by atoms with Crippen molar-refractivity contribution in [3.63, 3.8) is 0 Å². The normalized spacial score (nSPS) is 26.7. The molecule has 0 radical (unpaired) electrons. The first kappa shape index (κ1) is 8.98. The van der Waals surface area contributed by atoms with Crippen molar-refractivity contribution in [3.05, 3.63) is 0 Å². The summed E-state index contributed by atoms with van der Waals surface area (Å²) < 4.78 is 12.4. The lowest BCUT2D eigenvalue weighted by Crippen LogP contribution is -2.33. The lowest BCUT2D eigenvalue weighted by molar-refractivity contribution is 0.195. The van der Waals surface area contributed by atoms with Gasteiger partial charge in [0.1, 0.15) is 6.67 Å². The van der Waals surface area contributed by atoms with Crippen LogP contribution in [-0.2, 0) is 0 Å². The van der Waals surface area contributed by atoms with Crippen LogP contribution < -0.4 is 0 Å². The average Bonchev–Trinajstić information content (AvgIpc) is 2.34. The number of rotatable bonds is 3. The predicted octanol–water partition coefficient (Wildman–Crippen LogP) is 2.08. The van der Waals surface area contributed by atoms with E-state index in [1.54, 1.807) is 0 Å². The Hall–Kier alpha value is -0.110. The molecule has 0 aromatic carbocycles. The van der Waals surface area contributed by atoms with E-state index in [1.807, 2.05) is 0 Å². The summed E-state index contributed by atoms with van der Waals surface area (Å²) in [6.07, 6.45) is 2.24. The molecule has 0 N–H and O–H groups in total. The Labute approximate surface area is 68.6 Å². The first-order valence-electron chi connectivity index (χ1n) is 4.54. The Morgan fingerprint density at radius 3 is 2.82 bits per heavy atom. The minimum absolute atomic E-state index is 0.160. The molecule has 0 amide bonds. The summed E-state index contributed by atoms with van der Waals surface area (Å²) in [5.74, 6) is 0.669. The summed E-state index contributed by atoms with van der Waals surface area (Å²) in [6, 6.07) is 0.234. The zero-order valence-electron chi connectivity index (χ0n) is 7.52. The highest BCUT2D eigenvalue weighted by atomic mass is 19.1. The monoisotopic (exact) mass is 159 g/mol. The molecule has 0 aliphatic carbocycles. The molecule has 66 valence electrons. The van der Waals surface area contributed by atoms with Crippen molar-refractivity contribution in [3.8, 4) is 0 Å². The number of hydrogen-bond acceptors (Lipinski definition) is 1. The van der Waals surface area contributed by atoms with Gasteiger partial charge in [-0.1, -0.05) is 13.8 Å². The molecule has 1 heterocycles. The Bertz CT molecular complexity index is 114. The molecule has 11 heavy (non-hydrogen) atoms. The summed E-state index contributed by atoms with van der Waals surface area (Å²) in [5.41, 5.74) is 0.